The average molecular weight is 342 g/mol. The van der Waals surface area contributed by atoms with Crippen LogP contribution in [0.2, 0.25) is 0 Å². The van der Waals surface area contributed by atoms with Crippen molar-refractivity contribution in [1.29, 1.82) is 0 Å². The first-order valence-corrected chi connectivity index (χ1v) is 8.84. The summed E-state index contributed by atoms with van der Waals surface area (Å²) in [6.45, 7) is 0.890. The molecular weight excluding hydrogens is 324 g/mol. The van der Waals surface area contributed by atoms with E-state index in [-0.39, 0.29) is 0 Å². The van der Waals surface area contributed by atoms with Gasteiger partial charge in [0.1, 0.15) is 0 Å². The summed E-state index contributed by atoms with van der Waals surface area (Å²) in [5.41, 5.74) is 3.72. The number of hydrogen-bond donors (Lipinski definition) is 0. The summed E-state index contributed by atoms with van der Waals surface area (Å²) < 4.78 is 0. The first-order chi connectivity index (χ1) is 12.8. The van der Waals surface area contributed by atoms with E-state index in [1.165, 1.54) is 27.3 Å². The predicted molar refractivity (Wildman–Crippen MR) is 102 cm³/mol. The Morgan fingerprint density at radius 3 is 2.69 bits per heavy atom. The van der Waals surface area contributed by atoms with Crippen molar-refractivity contribution in [2.24, 2.45) is 15.9 Å². The van der Waals surface area contributed by atoms with Crippen molar-refractivity contribution in [3.63, 3.8) is 0 Å². The fourth-order valence-corrected chi connectivity index (χ4v) is 4.21. The van der Waals surface area contributed by atoms with Crippen LogP contribution >= 0.6 is 0 Å². The highest BCUT2D eigenvalue weighted by Gasteiger charge is 2.22. The van der Waals surface area contributed by atoms with E-state index < -0.39 is 0 Å². The molecule has 0 bridgehead atoms. The van der Waals surface area contributed by atoms with Crippen molar-refractivity contribution in [3.05, 3.63) is 59.2 Å². The molecule has 0 heterocycles. The molecule has 3 aromatic carbocycles. The molecule has 0 fully saturated rings. The van der Waals surface area contributed by atoms with Gasteiger partial charge in [-0.05, 0) is 69.5 Å². The Morgan fingerprint density at radius 2 is 1.85 bits per heavy atom. The van der Waals surface area contributed by atoms with E-state index in [1.54, 1.807) is 12.2 Å². The smallest absolute Gasteiger partial charge is 0.211 e. The van der Waals surface area contributed by atoms with Crippen LogP contribution in [0.5, 0.6) is 0 Å². The highest BCUT2D eigenvalue weighted by Crippen LogP contribution is 2.37. The quantitative estimate of drug-likeness (QED) is 0.404. The molecule has 128 valence electrons. The molecule has 0 N–H and O–H groups in total. The first kappa shape index (κ1) is 16.4. The number of carbonyl (C=O) groups excluding carboxylic acids is 2. The molecule has 0 aliphatic heterocycles. The molecule has 4 heteroatoms. The Kier molecular flexibility index (Phi) is 4.45. The van der Waals surface area contributed by atoms with Crippen LogP contribution in [0.1, 0.15) is 23.1 Å². The van der Waals surface area contributed by atoms with Crippen molar-refractivity contribution in [2.75, 3.05) is 6.54 Å². The zero-order chi connectivity index (χ0) is 17.9. The number of nitrogens with zero attached hydrogens (tertiary/aromatic N) is 2. The highest BCUT2D eigenvalue weighted by molar-refractivity contribution is 6.10. The fourth-order valence-electron chi connectivity index (χ4n) is 4.21. The average Bonchev–Trinajstić information content (AvgIpc) is 2.69. The molecule has 0 aromatic heterocycles. The van der Waals surface area contributed by atoms with Gasteiger partial charge in [-0.2, -0.15) is 0 Å². The van der Waals surface area contributed by atoms with Crippen molar-refractivity contribution >= 4 is 33.7 Å². The van der Waals surface area contributed by atoms with Crippen LogP contribution in [0.4, 0.5) is 0 Å². The molecule has 3 aromatic rings. The number of rotatable bonds is 4. The zero-order valence-electron chi connectivity index (χ0n) is 14.4. The van der Waals surface area contributed by atoms with Gasteiger partial charge in [-0.3, -0.25) is 0 Å². The molecule has 1 atom stereocenters. The Bertz CT molecular complexity index is 1090. The summed E-state index contributed by atoms with van der Waals surface area (Å²) in [5.74, 6) is 0.387. The maximum atomic E-state index is 10.7. The van der Waals surface area contributed by atoms with Gasteiger partial charge >= 0.3 is 0 Å². The Morgan fingerprint density at radius 1 is 1.00 bits per heavy atom. The van der Waals surface area contributed by atoms with Crippen LogP contribution in [0.3, 0.4) is 0 Å². The molecule has 1 aliphatic rings. The summed E-state index contributed by atoms with van der Waals surface area (Å²) in [7, 11) is 0. The third kappa shape index (κ3) is 2.86. The largest absolute Gasteiger partial charge is 0.235 e. The molecule has 4 nitrogen and oxygen atoms in total. The van der Waals surface area contributed by atoms with Crippen LogP contribution in [-0.2, 0) is 29.0 Å². The molecule has 0 radical (unpaired) electrons. The monoisotopic (exact) mass is 342 g/mol. The van der Waals surface area contributed by atoms with E-state index in [0.29, 0.717) is 19.0 Å². The van der Waals surface area contributed by atoms with Gasteiger partial charge in [-0.1, -0.05) is 36.4 Å². The Hall–Kier alpha value is -3.06. The second-order valence-electron chi connectivity index (χ2n) is 6.83. The lowest BCUT2D eigenvalue weighted by molar-refractivity contribution is 0.468. The molecule has 1 aliphatic carbocycles. The standard InChI is InChI=1S/C22H18N2O2/c25-13-23-11-15-5-7-20-17(9-15)6-8-21-19-4-2-1-3-16(19)10-18(22(20)21)12-24-14-26/h1-4,6,8,10,15H,5,7,9,11-12H2. The van der Waals surface area contributed by atoms with Gasteiger partial charge in [0.25, 0.3) is 0 Å². The topological polar surface area (TPSA) is 58.9 Å². The summed E-state index contributed by atoms with van der Waals surface area (Å²) in [6, 6.07) is 14.8. The molecule has 0 saturated heterocycles. The van der Waals surface area contributed by atoms with Crippen LogP contribution in [0.15, 0.2) is 52.4 Å². The van der Waals surface area contributed by atoms with Crippen molar-refractivity contribution in [2.45, 2.75) is 25.8 Å². The van der Waals surface area contributed by atoms with E-state index in [0.717, 1.165) is 30.2 Å². The third-order valence-electron chi connectivity index (χ3n) is 5.35. The van der Waals surface area contributed by atoms with Crippen molar-refractivity contribution < 1.29 is 9.59 Å². The SMILES string of the molecule is O=C=NCc1cc2ccccc2c2ccc3c(c12)CCC(CN=C=O)C3. The normalized spacial score (nSPS) is 15.9. The molecule has 0 amide bonds. The second kappa shape index (κ2) is 7.05. The molecule has 0 saturated carbocycles. The van der Waals surface area contributed by atoms with Gasteiger partial charge in [0.05, 0.1) is 13.1 Å². The summed E-state index contributed by atoms with van der Waals surface area (Å²) in [5, 5.41) is 4.81. The lowest BCUT2D eigenvalue weighted by atomic mass is 9.80. The van der Waals surface area contributed by atoms with Gasteiger partial charge in [0.15, 0.2) is 0 Å². The molecule has 0 spiro atoms. The highest BCUT2D eigenvalue weighted by atomic mass is 16.1. The van der Waals surface area contributed by atoms with Crippen LogP contribution in [-0.4, -0.2) is 18.7 Å². The summed E-state index contributed by atoms with van der Waals surface area (Å²) in [6.07, 6.45) is 6.18. The minimum Gasteiger partial charge on any atom is -0.211 e. The molecule has 4 rings (SSSR count). The van der Waals surface area contributed by atoms with E-state index in [2.05, 4.69) is 46.4 Å². The number of isocyanates is 2. The van der Waals surface area contributed by atoms with Gasteiger partial charge in [-0.15, -0.1) is 0 Å². The fraction of sp³-hybridized carbons (Fsp3) is 0.273. The lowest BCUT2D eigenvalue weighted by Crippen LogP contribution is -2.17. The maximum Gasteiger partial charge on any atom is 0.235 e. The second-order valence-corrected chi connectivity index (χ2v) is 6.83. The van der Waals surface area contributed by atoms with E-state index in [1.807, 2.05) is 6.07 Å². The number of aliphatic imine (C=N–C) groups is 2. The van der Waals surface area contributed by atoms with Crippen molar-refractivity contribution in [1.82, 2.24) is 0 Å². The maximum absolute atomic E-state index is 10.7. The van der Waals surface area contributed by atoms with Crippen molar-refractivity contribution in [3.8, 4) is 0 Å². The summed E-state index contributed by atoms with van der Waals surface area (Å²) in [4.78, 5) is 28.7. The third-order valence-corrected chi connectivity index (χ3v) is 5.35. The van der Waals surface area contributed by atoms with Crippen LogP contribution < -0.4 is 0 Å². The first-order valence-electron chi connectivity index (χ1n) is 8.84. The van der Waals surface area contributed by atoms with E-state index in [9.17, 15) is 9.59 Å². The van der Waals surface area contributed by atoms with Gasteiger partial charge in [0.2, 0.25) is 12.2 Å². The molecule has 1 unspecified atom stereocenters. The number of hydrogen-bond acceptors (Lipinski definition) is 4. The Balaban J connectivity index is 1.93. The van der Waals surface area contributed by atoms with Crippen LogP contribution in [0.25, 0.3) is 21.5 Å². The molecular formula is C22H18N2O2. The molecule has 26 heavy (non-hydrogen) atoms. The predicted octanol–water partition coefficient (Wildman–Crippen LogP) is 4.27. The zero-order valence-corrected chi connectivity index (χ0v) is 14.4. The minimum atomic E-state index is 0.347. The number of aryl methyl sites for hydroxylation is 1. The van der Waals surface area contributed by atoms with E-state index >= 15 is 0 Å². The van der Waals surface area contributed by atoms with Gasteiger partial charge < -0.3 is 0 Å². The summed E-state index contributed by atoms with van der Waals surface area (Å²) >= 11 is 0. The van der Waals surface area contributed by atoms with E-state index in [4.69, 9.17) is 0 Å². The lowest BCUT2D eigenvalue weighted by Gasteiger charge is -2.25. The number of benzene rings is 3. The number of fused-ring (bicyclic) bond motifs is 5. The van der Waals surface area contributed by atoms with Crippen LogP contribution in [0, 0.1) is 5.92 Å². The Labute approximate surface area is 151 Å². The van der Waals surface area contributed by atoms with Gasteiger partial charge in [-0.25, -0.2) is 19.6 Å². The van der Waals surface area contributed by atoms with Gasteiger partial charge in [0, 0.05) is 0 Å². The minimum absolute atomic E-state index is 0.347.